The van der Waals surface area contributed by atoms with Crippen molar-refractivity contribution in [2.75, 3.05) is 37.2 Å². The summed E-state index contributed by atoms with van der Waals surface area (Å²) in [6, 6.07) is 3.89. The third-order valence-corrected chi connectivity index (χ3v) is 6.19. The number of aromatic nitrogens is 2. The lowest BCUT2D eigenvalue weighted by Gasteiger charge is -2.35. The molecule has 2 aliphatic heterocycles. The van der Waals surface area contributed by atoms with E-state index in [0.717, 1.165) is 38.1 Å². The van der Waals surface area contributed by atoms with Crippen LogP contribution in [0.1, 0.15) is 19.3 Å². The molecule has 0 aromatic carbocycles. The lowest BCUT2D eigenvalue weighted by atomic mass is 10.0. The molecular formula is C17H24N8O2S. The van der Waals surface area contributed by atoms with Crippen LogP contribution in [0.25, 0.3) is 0 Å². The number of nitriles is 1. The Bertz CT molecular complexity index is 692. The third kappa shape index (κ3) is 5.85. The standard InChI is InChI=1S/C17H24N8O2S/c18-10-13-12-28-16(21-13)4-9-25(23-27)14-2-7-24(8-3-14)11-15(26)22-17-19-5-1-6-20-17/h1,5-6,13-14,16,21H,2-4,7-9,11-12H2,(H,19,20,22,26). The largest absolute Gasteiger partial charge is 0.294 e. The monoisotopic (exact) mass is 404 g/mol. The maximum Gasteiger partial charge on any atom is 0.240 e. The van der Waals surface area contributed by atoms with Crippen molar-refractivity contribution in [1.82, 2.24) is 25.2 Å². The first-order valence-electron chi connectivity index (χ1n) is 9.34. The molecule has 1 amide bonds. The number of carbonyl (C=O) groups excluding carboxylic acids is 1. The molecule has 0 spiro atoms. The van der Waals surface area contributed by atoms with Crippen molar-refractivity contribution in [2.45, 2.75) is 36.7 Å². The summed E-state index contributed by atoms with van der Waals surface area (Å²) >= 11 is 1.72. The van der Waals surface area contributed by atoms with Crippen molar-refractivity contribution in [3.05, 3.63) is 23.4 Å². The number of likely N-dealkylation sites (tertiary alicyclic amines) is 1. The second kappa shape index (κ2) is 10.3. The van der Waals surface area contributed by atoms with Crippen LogP contribution in [-0.2, 0) is 4.79 Å². The molecule has 1 aromatic rings. The van der Waals surface area contributed by atoms with Crippen molar-refractivity contribution in [3.63, 3.8) is 0 Å². The molecule has 2 N–H and O–H groups in total. The Kier molecular flexibility index (Phi) is 7.53. The van der Waals surface area contributed by atoms with Crippen molar-refractivity contribution in [3.8, 4) is 6.07 Å². The van der Waals surface area contributed by atoms with E-state index in [2.05, 4.69) is 36.9 Å². The van der Waals surface area contributed by atoms with E-state index in [9.17, 15) is 9.70 Å². The highest BCUT2D eigenvalue weighted by molar-refractivity contribution is 8.00. The predicted molar refractivity (Wildman–Crippen MR) is 106 cm³/mol. The Balaban J connectivity index is 1.38. The van der Waals surface area contributed by atoms with Crippen LogP contribution >= 0.6 is 11.8 Å². The number of nitroso groups, excluding NO2 is 1. The molecule has 2 atom stereocenters. The maximum absolute atomic E-state index is 12.1. The number of carbonyl (C=O) groups is 1. The van der Waals surface area contributed by atoms with Crippen LogP contribution < -0.4 is 10.6 Å². The molecule has 1 aromatic heterocycles. The summed E-state index contributed by atoms with van der Waals surface area (Å²) < 4.78 is 0. The Labute approximate surface area is 168 Å². The fourth-order valence-corrected chi connectivity index (χ4v) is 4.55. The quantitative estimate of drug-likeness (QED) is 0.478. The summed E-state index contributed by atoms with van der Waals surface area (Å²) in [5.41, 5.74) is 0. The molecule has 3 heterocycles. The lowest BCUT2D eigenvalue weighted by molar-refractivity contribution is -0.117. The summed E-state index contributed by atoms with van der Waals surface area (Å²) in [6.07, 6.45) is 5.50. The van der Waals surface area contributed by atoms with Gasteiger partial charge in [0.2, 0.25) is 11.9 Å². The molecule has 0 saturated carbocycles. The van der Waals surface area contributed by atoms with Gasteiger partial charge in [-0.1, -0.05) is 0 Å². The number of anilines is 1. The average molecular weight is 405 g/mol. The number of piperidine rings is 1. The van der Waals surface area contributed by atoms with Crippen molar-refractivity contribution >= 4 is 23.6 Å². The number of rotatable bonds is 8. The maximum atomic E-state index is 12.1. The number of nitrogens with one attached hydrogen (secondary N) is 2. The van der Waals surface area contributed by atoms with Crippen LogP contribution in [-0.4, -0.2) is 75.2 Å². The van der Waals surface area contributed by atoms with E-state index in [1.54, 1.807) is 35.2 Å². The summed E-state index contributed by atoms with van der Waals surface area (Å²) in [5.74, 6) is 0.937. The molecule has 2 saturated heterocycles. The highest BCUT2D eigenvalue weighted by atomic mass is 32.2. The molecule has 150 valence electrons. The molecule has 10 nitrogen and oxygen atoms in total. The van der Waals surface area contributed by atoms with Crippen LogP contribution in [0.3, 0.4) is 0 Å². The summed E-state index contributed by atoms with van der Waals surface area (Å²) in [6.45, 7) is 2.31. The highest BCUT2D eigenvalue weighted by Crippen LogP contribution is 2.23. The molecule has 3 rings (SSSR count). The third-order valence-electron chi connectivity index (χ3n) is 4.90. The molecule has 2 aliphatic rings. The zero-order chi connectivity index (χ0) is 19.8. The fraction of sp³-hybridized carbons (Fsp3) is 0.647. The zero-order valence-corrected chi connectivity index (χ0v) is 16.3. The van der Waals surface area contributed by atoms with E-state index in [0.29, 0.717) is 12.5 Å². The Morgan fingerprint density at radius 1 is 1.43 bits per heavy atom. The normalized spacial score (nSPS) is 23.1. The van der Waals surface area contributed by atoms with Gasteiger partial charge < -0.3 is 0 Å². The van der Waals surface area contributed by atoms with Gasteiger partial charge in [0, 0.05) is 37.8 Å². The van der Waals surface area contributed by atoms with Gasteiger partial charge in [-0.15, -0.1) is 16.7 Å². The zero-order valence-electron chi connectivity index (χ0n) is 15.5. The fourth-order valence-electron chi connectivity index (χ4n) is 3.42. The Morgan fingerprint density at radius 2 is 2.18 bits per heavy atom. The van der Waals surface area contributed by atoms with E-state index in [1.807, 2.05) is 0 Å². The summed E-state index contributed by atoms with van der Waals surface area (Å²) in [4.78, 5) is 33.4. The summed E-state index contributed by atoms with van der Waals surface area (Å²) in [7, 11) is 0. The van der Waals surface area contributed by atoms with Crippen LogP contribution in [0.5, 0.6) is 0 Å². The number of hydrogen-bond acceptors (Lipinski definition) is 9. The van der Waals surface area contributed by atoms with Gasteiger partial charge >= 0.3 is 0 Å². The average Bonchev–Trinajstić information content (AvgIpc) is 3.18. The van der Waals surface area contributed by atoms with Gasteiger partial charge in [-0.2, -0.15) is 5.26 Å². The van der Waals surface area contributed by atoms with Crippen LogP contribution in [0, 0.1) is 16.2 Å². The minimum Gasteiger partial charge on any atom is -0.294 e. The van der Waals surface area contributed by atoms with Crippen molar-refractivity contribution in [2.24, 2.45) is 5.29 Å². The van der Waals surface area contributed by atoms with Crippen LogP contribution in [0.4, 0.5) is 5.95 Å². The second-order valence-electron chi connectivity index (χ2n) is 6.83. The van der Waals surface area contributed by atoms with Gasteiger partial charge in [0.05, 0.1) is 29.3 Å². The van der Waals surface area contributed by atoms with E-state index in [-0.39, 0.29) is 29.9 Å². The molecular weight excluding hydrogens is 380 g/mol. The molecule has 2 fully saturated rings. The Morgan fingerprint density at radius 3 is 2.82 bits per heavy atom. The first-order valence-corrected chi connectivity index (χ1v) is 10.4. The Hall–Kier alpha value is -2.29. The van der Waals surface area contributed by atoms with E-state index >= 15 is 0 Å². The first kappa shape index (κ1) is 20.4. The van der Waals surface area contributed by atoms with Crippen LogP contribution in [0.2, 0.25) is 0 Å². The van der Waals surface area contributed by atoms with Crippen molar-refractivity contribution in [1.29, 1.82) is 5.26 Å². The number of nitrogens with zero attached hydrogens (tertiary/aromatic N) is 6. The smallest absolute Gasteiger partial charge is 0.240 e. The number of amides is 1. The SMILES string of the molecule is N#CC1CSC(CCN(N=O)C2CCN(CC(=O)Nc3ncccn3)CC2)N1. The van der Waals surface area contributed by atoms with Gasteiger partial charge in [0.1, 0.15) is 6.04 Å². The minimum absolute atomic E-state index is 0.0902. The van der Waals surface area contributed by atoms with E-state index in [4.69, 9.17) is 5.26 Å². The molecule has 11 heteroatoms. The van der Waals surface area contributed by atoms with E-state index in [1.165, 1.54) is 0 Å². The van der Waals surface area contributed by atoms with Gasteiger partial charge in [-0.05, 0) is 25.3 Å². The lowest BCUT2D eigenvalue weighted by Crippen LogP contribution is -2.46. The minimum atomic E-state index is -0.147. The molecule has 0 aliphatic carbocycles. The van der Waals surface area contributed by atoms with E-state index < -0.39 is 0 Å². The molecule has 2 unspecified atom stereocenters. The molecule has 0 radical (unpaired) electrons. The number of thioether (sulfide) groups is 1. The molecule has 28 heavy (non-hydrogen) atoms. The topological polar surface area (TPSA) is 127 Å². The van der Waals surface area contributed by atoms with Gasteiger partial charge in [-0.3, -0.25) is 25.3 Å². The second-order valence-corrected chi connectivity index (χ2v) is 8.07. The highest BCUT2D eigenvalue weighted by Gasteiger charge is 2.28. The summed E-state index contributed by atoms with van der Waals surface area (Å²) in [5, 5.41) is 19.9. The van der Waals surface area contributed by atoms with Gasteiger partial charge in [0.25, 0.3) is 0 Å². The van der Waals surface area contributed by atoms with Crippen LogP contribution in [0.15, 0.2) is 23.7 Å². The molecule has 0 bridgehead atoms. The van der Waals surface area contributed by atoms with Gasteiger partial charge in [0.15, 0.2) is 0 Å². The number of hydrogen-bond donors (Lipinski definition) is 2. The van der Waals surface area contributed by atoms with Gasteiger partial charge in [-0.25, -0.2) is 9.97 Å². The first-order chi connectivity index (χ1) is 13.7. The van der Waals surface area contributed by atoms with Crippen molar-refractivity contribution < 1.29 is 4.79 Å². The predicted octanol–water partition coefficient (Wildman–Crippen LogP) is 0.808.